The number of nitrogens with zero attached hydrogens (tertiary/aromatic N) is 2. The summed E-state index contributed by atoms with van der Waals surface area (Å²) in [4.78, 5) is 15.1. The van der Waals surface area contributed by atoms with E-state index in [1.807, 2.05) is 24.3 Å². The molecule has 0 saturated carbocycles. The molecule has 2 heterocycles. The van der Waals surface area contributed by atoms with Crippen molar-refractivity contribution in [2.24, 2.45) is 0 Å². The number of benzene rings is 2. The molecule has 0 aliphatic carbocycles. The molecular weight excluding hydrogens is 410 g/mol. The van der Waals surface area contributed by atoms with E-state index in [4.69, 9.17) is 4.74 Å². The molecule has 0 aromatic heterocycles. The first-order valence-electron chi connectivity index (χ1n) is 9.43. The van der Waals surface area contributed by atoms with Crippen LogP contribution in [0.5, 0.6) is 5.75 Å². The molecule has 0 atom stereocenters. The van der Waals surface area contributed by atoms with E-state index < -0.39 is 10.0 Å². The van der Waals surface area contributed by atoms with Crippen LogP contribution in [0.4, 0.5) is 11.4 Å². The SMILES string of the molecule is COc1cccc(N2CCN(S(=O)(=O)c3ccc4c(c3)NC(=O)CCS4)CC2)c1. The fourth-order valence-electron chi connectivity index (χ4n) is 3.50. The van der Waals surface area contributed by atoms with Gasteiger partial charge in [-0.15, -0.1) is 11.8 Å². The van der Waals surface area contributed by atoms with Crippen LogP contribution in [-0.4, -0.2) is 57.7 Å². The number of methoxy groups -OCH3 is 1. The monoisotopic (exact) mass is 433 g/mol. The van der Waals surface area contributed by atoms with E-state index in [2.05, 4.69) is 10.2 Å². The number of piperazine rings is 1. The number of hydrogen-bond donors (Lipinski definition) is 1. The Labute approximate surface area is 175 Å². The molecule has 29 heavy (non-hydrogen) atoms. The summed E-state index contributed by atoms with van der Waals surface area (Å²) in [6.07, 6.45) is 0.424. The van der Waals surface area contributed by atoms with E-state index in [-0.39, 0.29) is 10.8 Å². The van der Waals surface area contributed by atoms with Gasteiger partial charge in [0.05, 0.1) is 17.7 Å². The second-order valence-corrected chi connectivity index (χ2v) is 9.97. The molecule has 2 aliphatic heterocycles. The zero-order chi connectivity index (χ0) is 20.4. The Balaban J connectivity index is 1.50. The van der Waals surface area contributed by atoms with Gasteiger partial charge in [0.15, 0.2) is 0 Å². The molecule has 1 amide bonds. The third-order valence-corrected chi connectivity index (χ3v) is 8.08. The van der Waals surface area contributed by atoms with Crippen LogP contribution in [-0.2, 0) is 14.8 Å². The van der Waals surface area contributed by atoms with Crippen molar-refractivity contribution in [2.75, 3.05) is 49.3 Å². The minimum atomic E-state index is -3.62. The molecule has 1 N–H and O–H groups in total. The maximum absolute atomic E-state index is 13.2. The van der Waals surface area contributed by atoms with E-state index in [1.54, 1.807) is 37.1 Å². The summed E-state index contributed by atoms with van der Waals surface area (Å²) in [6.45, 7) is 2.00. The molecule has 0 spiro atoms. The first-order valence-corrected chi connectivity index (χ1v) is 11.9. The molecule has 0 unspecified atom stereocenters. The van der Waals surface area contributed by atoms with Crippen LogP contribution in [0.15, 0.2) is 52.3 Å². The fraction of sp³-hybridized carbons (Fsp3) is 0.350. The number of carbonyl (C=O) groups excluding carboxylic acids is 1. The predicted octanol–water partition coefficient (Wildman–Crippen LogP) is 2.64. The Morgan fingerprint density at radius 3 is 2.62 bits per heavy atom. The third kappa shape index (κ3) is 4.22. The Hall–Kier alpha value is -2.23. The lowest BCUT2D eigenvalue weighted by atomic mass is 10.2. The van der Waals surface area contributed by atoms with Gasteiger partial charge in [-0.3, -0.25) is 4.79 Å². The van der Waals surface area contributed by atoms with Crippen molar-refractivity contribution in [3.8, 4) is 5.75 Å². The largest absolute Gasteiger partial charge is 0.497 e. The maximum atomic E-state index is 13.2. The minimum Gasteiger partial charge on any atom is -0.497 e. The molecule has 154 valence electrons. The molecule has 1 saturated heterocycles. The number of anilines is 2. The lowest BCUT2D eigenvalue weighted by Gasteiger charge is -2.35. The van der Waals surface area contributed by atoms with Gasteiger partial charge in [0.25, 0.3) is 0 Å². The average molecular weight is 434 g/mol. The van der Waals surface area contributed by atoms with Crippen molar-refractivity contribution >= 4 is 39.1 Å². The highest BCUT2D eigenvalue weighted by atomic mass is 32.2. The molecule has 0 radical (unpaired) electrons. The molecule has 1 fully saturated rings. The van der Waals surface area contributed by atoms with Crippen molar-refractivity contribution in [2.45, 2.75) is 16.2 Å². The normalized spacial score (nSPS) is 18.0. The molecule has 7 nitrogen and oxygen atoms in total. The van der Waals surface area contributed by atoms with Gasteiger partial charge in [-0.1, -0.05) is 6.07 Å². The fourth-order valence-corrected chi connectivity index (χ4v) is 5.89. The molecule has 2 aromatic carbocycles. The van der Waals surface area contributed by atoms with Crippen LogP contribution >= 0.6 is 11.8 Å². The number of hydrogen-bond acceptors (Lipinski definition) is 6. The highest BCUT2D eigenvalue weighted by Gasteiger charge is 2.29. The number of amides is 1. The predicted molar refractivity (Wildman–Crippen MR) is 114 cm³/mol. The first-order chi connectivity index (χ1) is 14.0. The van der Waals surface area contributed by atoms with Crippen LogP contribution in [0.25, 0.3) is 0 Å². The first kappa shape index (κ1) is 20.1. The maximum Gasteiger partial charge on any atom is 0.243 e. The van der Waals surface area contributed by atoms with Crippen molar-refractivity contribution in [1.29, 1.82) is 0 Å². The Kier molecular flexibility index (Phi) is 5.71. The number of fused-ring (bicyclic) bond motifs is 1. The van der Waals surface area contributed by atoms with E-state index in [0.717, 1.165) is 16.3 Å². The summed E-state index contributed by atoms with van der Waals surface area (Å²) in [5, 5.41) is 2.81. The summed E-state index contributed by atoms with van der Waals surface area (Å²) < 4.78 is 33.1. The number of carbonyl (C=O) groups is 1. The van der Waals surface area contributed by atoms with Gasteiger partial charge in [0.1, 0.15) is 5.75 Å². The summed E-state index contributed by atoms with van der Waals surface area (Å²) in [7, 11) is -1.99. The van der Waals surface area contributed by atoms with Crippen molar-refractivity contribution in [1.82, 2.24) is 4.31 Å². The minimum absolute atomic E-state index is 0.0855. The molecular formula is C20H23N3O4S2. The summed E-state index contributed by atoms with van der Waals surface area (Å²) in [5.74, 6) is 1.39. The number of ether oxygens (including phenoxy) is 1. The second-order valence-electron chi connectivity index (χ2n) is 6.90. The Bertz CT molecular complexity index is 1020. The Morgan fingerprint density at radius 1 is 1.07 bits per heavy atom. The van der Waals surface area contributed by atoms with Gasteiger partial charge in [0.2, 0.25) is 15.9 Å². The summed E-state index contributed by atoms with van der Waals surface area (Å²) in [6, 6.07) is 12.8. The summed E-state index contributed by atoms with van der Waals surface area (Å²) in [5.41, 5.74) is 1.60. The van der Waals surface area contributed by atoms with Gasteiger partial charge in [0, 0.05) is 55.0 Å². The molecule has 2 aliphatic rings. The third-order valence-electron chi connectivity index (χ3n) is 5.11. The van der Waals surface area contributed by atoms with Crippen LogP contribution in [0.1, 0.15) is 6.42 Å². The molecule has 0 bridgehead atoms. The van der Waals surface area contributed by atoms with E-state index in [9.17, 15) is 13.2 Å². The molecule has 4 rings (SSSR count). The van der Waals surface area contributed by atoms with Gasteiger partial charge in [-0.05, 0) is 30.3 Å². The number of sulfonamides is 1. The quantitative estimate of drug-likeness (QED) is 0.799. The van der Waals surface area contributed by atoms with Crippen LogP contribution < -0.4 is 15.0 Å². The zero-order valence-electron chi connectivity index (χ0n) is 16.1. The van der Waals surface area contributed by atoms with Gasteiger partial charge < -0.3 is 15.0 Å². The Morgan fingerprint density at radius 2 is 1.86 bits per heavy atom. The van der Waals surface area contributed by atoms with Crippen molar-refractivity contribution in [3.63, 3.8) is 0 Å². The summed E-state index contributed by atoms with van der Waals surface area (Å²) >= 11 is 1.56. The number of thioether (sulfide) groups is 1. The van der Waals surface area contributed by atoms with Crippen LogP contribution in [0.2, 0.25) is 0 Å². The second kappa shape index (κ2) is 8.25. The highest BCUT2D eigenvalue weighted by molar-refractivity contribution is 7.99. The average Bonchev–Trinajstić information content (AvgIpc) is 2.93. The number of rotatable bonds is 4. The standard InChI is InChI=1S/C20H23N3O4S2/c1-27-16-4-2-3-15(13-16)22-8-10-23(11-9-22)29(25,26)17-5-6-19-18(14-17)21-20(24)7-12-28-19/h2-6,13-14H,7-12H2,1H3,(H,21,24). The van der Waals surface area contributed by atoms with Crippen LogP contribution in [0.3, 0.4) is 0 Å². The van der Waals surface area contributed by atoms with Gasteiger partial charge in [-0.25, -0.2) is 8.42 Å². The smallest absolute Gasteiger partial charge is 0.243 e. The van der Waals surface area contributed by atoms with E-state index >= 15 is 0 Å². The van der Waals surface area contributed by atoms with Crippen LogP contribution in [0, 0.1) is 0 Å². The van der Waals surface area contributed by atoms with E-state index in [0.29, 0.717) is 44.0 Å². The van der Waals surface area contributed by atoms with Crippen molar-refractivity contribution in [3.05, 3.63) is 42.5 Å². The molecule has 9 heteroatoms. The zero-order valence-corrected chi connectivity index (χ0v) is 17.8. The topological polar surface area (TPSA) is 79.0 Å². The van der Waals surface area contributed by atoms with Gasteiger partial charge in [-0.2, -0.15) is 4.31 Å². The lowest BCUT2D eigenvalue weighted by molar-refractivity contribution is -0.115. The van der Waals surface area contributed by atoms with E-state index in [1.165, 1.54) is 4.31 Å². The molecule has 2 aromatic rings. The van der Waals surface area contributed by atoms with Gasteiger partial charge >= 0.3 is 0 Å². The van der Waals surface area contributed by atoms with Crippen molar-refractivity contribution < 1.29 is 17.9 Å². The highest BCUT2D eigenvalue weighted by Crippen LogP contribution is 2.33. The lowest BCUT2D eigenvalue weighted by Crippen LogP contribution is -2.48. The number of nitrogens with one attached hydrogen (secondary N) is 1.